The van der Waals surface area contributed by atoms with Crippen LogP contribution in [0.2, 0.25) is 0 Å². The van der Waals surface area contributed by atoms with Gasteiger partial charge in [-0.25, -0.2) is 0 Å². The molecule has 0 amide bonds. The standard InChI is InChI=1S/C11H14N4.C7H6BrN3.C4H9N/c1-9-12-13-11-8-10(4-7-15(9)11)14-5-2-3-6-14;1-5-9-10-7-4-6(8)2-3-11(5)7;1-2-4-5-3-1/h4,7-8H,2-3,5-6H2,1H3;2-4H,1H3;5H,1-4H2. The van der Waals surface area contributed by atoms with Crippen molar-refractivity contribution in [3.63, 3.8) is 0 Å². The molecule has 4 aromatic heterocycles. The Morgan fingerprint density at radius 1 is 0.774 bits per heavy atom. The zero-order valence-electron chi connectivity index (χ0n) is 18.1. The largest absolute Gasteiger partial charge is 0.371 e. The molecule has 0 spiro atoms. The van der Waals surface area contributed by atoms with Crippen LogP contribution < -0.4 is 10.2 Å². The molecule has 0 aromatic carbocycles. The van der Waals surface area contributed by atoms with Crippen LogP contribution in [0.4, 0.5) is 5.69 Å². The Morgan fingerprint density at radius 3 is 1.94 bits per heavy atom. The number of nitrogens with zero attached hydrogens (tertiary/aromatic N) is 7. The molecule has 6 heterocycles. The lowest BCUT2D eigenvalue weighted by Crippen LogP contribution is -2.17. The van der Waals surface area contributed by atoms with Crippen LogP contribution in [0.15, 0.2) is 41.1 Å². The van der Waals surface area contributed by atoms with E-state index < -0.39 is 0 Å². The minimum absolute atomic E-state index is 0.872. The van der Waals surface area contributed by atoms with E-state index in [1.165, 1.54) is 57.5 Å². The summed E-state index contributed by atoms with van der Waals surface area (Å²) in [5, 5.41) is 19.3. The van der Waals surface area contributed by atoms with Gasteiger partial charge in [0, 0.05) is 41.7 Å². The smallest absolute Gasteiger partial charge is 0.162 e. The molecule has 164 valence electrons. The van der Waals surface area contributed by atoms with Crippen molar-refractivity contribution < 1.29 is 0 Å². The van der Waals surface area contributed by atoms with Gasteiger partial charge in [-0.15, -0.1) is 20.4 Å². The van der Waals surface area contributed by atoms with Gasteiger partial charge >= 0.3 is 0 Å². The van der Waals surface area contributed by atoms with E-state index in [0.717, 1.165) is 27.4 Å². The van der Waals surface area contributed by atoms with Gasteiger partial charge in [0.15, 0.2) is 11.3 Å². The molecule has 2 fully saturated rings. The number of hydrogen-bond acceptors (Lipinski definition) is 6. The van der Waals surface area contributed by atoms with Gasteiger partial charge < -0.3 is 10.2 Å². The first-order valence-corrected chi connectivity index (χ1v) is 11.6. The van der Waals surface area contributed by atoms with E-state index in [0.29, 0.717) is 0 Å². The normalized spacial score (nSPS) is 15.6. The molecule has 8 nitrogen and oxygen atoms in total. The lowest BCUT2D eigenvalue weighted by molar-refractivity contribution is 0.857. The average molecular weight is 485 g/mol. The number of anilines is 1. The summed E-state index contributed by atoms with van der Waals surface area (Å²) in [7, 11) is 0. The molecule has 31 heavy (non-hydrogen) atoms. The first-order chi connectivity index (χ1) is 15.1. The fourth-order valence-electron chi connectivity index (χ4n) is 3.78. The number of aromatic nitrogens is 6. The van der Waals surface area contributed by atoms with Gasteiger partial charge in [-0.05, 0) is 70.8 Å². The van der Waals surface area contributed by atoms with E-state index in [9.17, 15) is 0 Å². The number of nitrogens with one attached hydrogen (secondary N) is 1. The number of hydrogen-bond donors (Lipinski definition) is 1. The maximum absolute atomic E-state index is 4.14. The highest BCUT2D eigenvalue weighted by Crippen LogP contribution is 2.21. The average Bonchev–Trinajstić information content (AvgIpc) is 3.59. The van der Waals surface area contributed by atoms with Crippen molar-refractivity contribution in [3.8, 4) is 0 Å². The molecule has 6 rings (SSSR count). The maximum atomic E-state index is 4.14. The Labute approximate surface area is 190 Å². The number of pyridine rings is 2. The van der Waals surface area contributed by atoms with E-state index in [2.05, 4.69) is 64.9 Å². The summed E-state index contributed by atoms with van der Waals surface area (Å²) in [6, 6.07) is 8.16. The van der Waals surface area contributed by atoms with Crippen molar-refractivity contribution in [1.82, 2.24) is 34.5 Å². The molecule has 0 bridgehead atoms. The highest BCUT2D eigenvalue weighted by molar-refractivity contribution is 9.10. The summed E-state index contributed by atoms with van der Waals surface area (Å²) in [4.78, 5) is 2.41. The first-order valence-electron chi connectivity index (χ1n) is 10.9. The van der Waals surface area contributed by atoms with Crippen molar-refractivity contribution in [2.24, 2.45) is 0 Å². The third-order valence-electron chi connectivity index (χ3n) is 5.53. The van der Waals surface area contributed by atoms with E-state index in [1.54, 1.807) is 0 Å². The highest BCUT2D eigenvalue weighted by Gasteiger charge is 2.13. The second-order valence-corrected chi connectivity index (χ2v) is 8.75. The van der Waals surface area contributed by atoms with E-state index in [4.69, 9.17) is 0 Å². The Hall–Kier alpha value is -2.52. The predicted molar refractivity (Wildman–Crippen MR) is 127 cm³/mol. The van der Waals surface area contributed by atoms with Crippen molar-refractivity contribution in [2.75, 3.05) is 31.1 Å². The van der Waals surface area contributed by atoms with Gasteiger partial charge in [0.25, 0.3) is 0 Å². The Balaban J connectivity index is 0.000000126. The predicted octanol–water partition coefficient (Wildman–Crippen LogP) is 3.81. The lowest BCUT2D eigenvalue weighted by Gasteiger charge is -2.17. The molecular formula is C22H29BrN8. The summed E-state index contributed by atoms with van der Waals surface area (Å²) < 4.78 is 4.97. The third-order valence-corrected chi connectivity index (χ3v) is 6.03. The second kappa shape index (κ2) is 10.2. The Kier molecular flexibility index (Phi) is 7.14. The van der Waals surface area contributed by atoms with Crippen LogP contribution in [0.25, 0.3) is 11.3 Å². The number of rotatable bonds is 1. The molecule has 0 aliphatic carbocycles. The SMILES string of the molecule is C1CCNC1.Cc1nnc2cc(Br)ccn12.Cc1nnc2cc(N3CCCC3)ccn12. The first kappa shape index (κ1) is 21.7. The van der Waals surface area contributed by atoms with Gasteiger partial charge in [-0.2, -0.15) is 0 Å². The summed E-state index contributed by atoms with van der Waals surface area (Å²) >= 11 is 3.36. The van der Waals surface area contributed by atoms with E-state index in [1.807, 2.05) is 41.0 Å². The van der Waals surface area contributed by atoms with Crippen LogP contribution in [0, 0.1) is 13.8 Å². The van der Waals surface area contributed by atoms with E-state index in [-0.39, 0.29) is 0 Å². The molecule has 0 saturated carbocycles. The highest BCUT2D eigenvalue weighted by atomic mass is 79.9. The van der Waals surface area contributed by atoms with Crippen molar-refractivity contribution >= 4 is 32.9 Å². The molecule has 0 atom stereocenters. The van der Waals surface area contributed by atoms with Gasteiger partial charge in [0.2, 0.25) is 0 Å². The summed E-state index contributed by atoms with van der Waals surface area (Å²) in [5.41, 5.74) is 3.08. The quantitative estimate of drug-likeness (QED) is 0.442. The Bertz CT molecular complexity index is 1120. The molecule has 1 N–H and O–H groups in total. The fourth-order valence-corrected chi connectivity index (χ4v) is 4.11. The zero-order chi connectivity index (χ0) is 21.6. The van der Waals surface area contributed by atoms with Crippen molar-refractivity contribution in [3.05, 3.63) is 52.8 Å². The van der Waals surface area contributed by atoms with E-state index >= 15 is 0 Å². The van der Waals surface area contributed by atoms with Gasteiger partial charge in [-0.3, -0.25) is 8.80 Å². The maximum Gasteiger partial charge on any atom is 0.162 e. The van der Waals surface area contributed by atoms with Crippen LogP contribution in [0.5, 0.6) is 0 Å². The molecular weight excluding hydrogens is 456 g/mol. The van der Waals surface area contributed by atoms with Gasteiger partial charge in [0.05, 0.1) is 0 Å². The van der Waals surface area contributed by atoms with Crippen LogP contribution in [0.1, 0.15) is 37.3 Å². The summed E-state index contributed by atoms with van der Waals surface area (Å²) in [6.07, 6.45) is 9.38. The number of halogens is 1. The minimum Gasteiger partial charge on any atom is -0.371 e. The molecule has 2 aliphatic rings. The molecule has 0 unspecified atom stereocenters. The van der Waals surface area contributed by atoms with Crippen LogP contribution in [-0.2, 0) is 0 Å². The monoisotopic (exact) mass is 484 g/mol. The number of aryl methyl sites for hydroxylation is 2. The fraction of sp³-hybridized carbons (Fsp3) is 0.455. The zero-order valence-corrected chi connectivity index (χ0v) is 19.7. The number of fused-ring (bicyclic) bond motifs is 2. The summed E-state index contributed by atoms with van der Waals surface area (Å²) in [6.45, 7) is 8.73. The van der Waals surface area contributed by atoms with Crippen LogP contribution in [-0.4, -0.2) is 55.4 Å². The topological polar surface area (TPSA) is 75.6 Å². The summed E-state index contributed by atoms with van der Waals surface area (Å²) in [5.74, 6) is 1.85. The van der Waals surface area contributed by atoms with Gasteiger partial charge in [0.1, 0.15) is 11.6 Å². The second-order valence-electron chi connectivity index (χ2n) is 7.83. The molecule has 4 aromatic rings. The Morgan fingerprint density at radius 2 is 1.35 bits per heavy atom. The van der Waals surface area contributed by atoms with Crippen LogP contribution >= 0.6 is 15.9 Å². The molecule has 0 radical (unpaired) electrons. The van der Waals surface area contributed by atoms with Gasteiger partial charge in [-0.1, -0.05) is 15.9 Å². The molecule has 2 aliphatic heterocycles. The van der Waals surface area contributed by atoms with Crippen molar-refractivity contribution in [2.45, 2.75) is 39.5 Å². The van der Waals surface area contributed by atoms with Crippen molar-refractivity contribution in [1.29, 1.82) is 0 Å². The minimum atomic E-state index is 0.872. The molecule has 9 heteroatoms. The lowest BCUT2D eigenvalue weighted by atomic mass is 10.3. The molecule has 2 saturated heterocycles. The van der Waals surface area contributed by atoms with Crippen LogP contribution in [0.3, 0.4) is 0 Å². The third kappa shape index (κ3) is 5.40.